The number of hydrogen-bond acceptors (Lipinski definition) is 2. The minimum atomic E-state index is -0.429. The first-order chi connectivity index (χ1) is 21.2. The third-order valence-corrected chi connectivity index (χ3v) is 9.37. The lowest BCUT2D eigenvalue weighted by atomic mass is 9.66. The number of hydrogen-bond donors (Lipinski definition) is 0. The molecule has 204 valence electrons. The average molecular weight is 552 g/mol. The van der Waals surface area contributed by atoms with Gasteiger partial charge < -0.3 is 0 Å². The van der Waals surface area contributed by atoms with Gasteiger partial charge in [-0.25, -0.2) is 9.97 Å². The molecule has 0 radical (unpaired) electrons. The van der Waals surface area contributed by atoms with Crippen LogP contribution in [0.25, 0.3) is 44.5 Å². The maximum absolute atomic E-state index is 5.31. The zero-order chi connectivity index (χ0) is 28.5. The Hall–Kier alpha value is -5.28. The number of allylic oxidation sites excluding steroid dienone is 4. The number of aromatic nitrogens is 3. The van der Waals surface area contributed by atoms with Crippen molar-refractivity contribution in [3.63, 3.8) is 0 Å². The summed E-state index contributed by atoms with van der Waals surface area (Å²) in [6.07, 6.45) is 6.03. The van der Waals surface area contributed by atoms with E-state index >= 15 is 0 Å². The predicted octanol–water partition coefficient (Wildman–Crippen LogP) is 9.40. The summed E-state index contributed by atoms with van der Waals surface area (Å²) in [5.41, 5.74) is 12.5. The number of benzene rings is 5. The summed E-state index contributed by atoms with van der Waals surface area (Å²) >= 11 is 0. The van der Waals surface area contributed by atoms with E-state index in [1.807, 2.05) is 0 Å². The molecular weight excluding hydrogens is 522 g/mol. The molecule has 0 N–H and O–H groups in total. The molecule has 0 saturated heterocycles. The van der Waals surface area contributed by atoms with Gasteiger partial charge in [-0.05, 0) is 76.1 Å². The van der Waals surface area contributed by atoms with E-state index < -0.39 is 5.41 Å². The minimum Gasteiger partial charge on any atom is -0.276 e. The number of nitrogens with zero attached hydrogens (tertiary/aromatic N) is 3. The van der Waals surface area contributed by atoms with Gasteiger partial charge in [0.05, 0.1) is 22.0 Å². The molecule has 3 nitrogen and oxygen atoms in total. The van der Waals surface area contributed by atoms with Gasteiger partial charge in [0, 0.05) is 10.9 Å². The Morgan fingerprint density at radius 1 is 0.698 bits per heavy atom. The molecular formula is C40H29N3. The Balaban J connectivity index is 1.41. The number of fused-ring (bicyclic) bond motifs is 8. The smallest absolute Gasteiger partial charge is 0.149 e. The fourth-order valence-corrected chi connectivity index (χ4v) is 7.52. The van der Waals surface area contributed by atoms with Gasteiger partial charge in [0.15, 0.2) is 0 Å². The summed E-state index contributed by atoms with van der Waals surface area (Å²) in [5, 5.41) is 1.06. The molecule has 43 heavy (non-hydrogen) atoms. The highest BCUT2D eigenvalue weighted by Crippen LogP contribution is 2.59. The van der Waals surface area contributed by atoms with E-state index in [1.165, 1.54) is 33.4 Å². The van der Waals surface area contributed by atoms with Crippen LogP contribution in [0, 0.1) is 5.92 Å². The van der Waals surface area contributed by atoms with E-state index in [2.05, 4.69) is 151 Å². The van der Waals surface area contributed by atoms with Crippen LogP contribution in [0.3, 0.4) is 0 Å². The maximum Gasteiger partial charge on any atom is 0.149 e. The van der Waals surface area contributed by atoms with Crippen molar-refractivity contribution in [1.29, 1.82) is 0 Å². The lowest BCUT2D eigenvalue weighted by Crippen LogP contribution is -2.29. The van der Waals surface area contributed by atoms with Gasteiger partial charge in [-0.2, -0.15) is 0 Å². The van der Waals surface area contributed by atoms with Crippen LogP contribution in [0.2, 0.25) is 0 Å². The van der Waals surface area contributed by atoms with Crippen LogP contribution in [0.4, 0.5) is 0 Å². The molecule has 9 rings (SSSR count). The molecule has 0 amide bonds. The summed E-state index contributed by atoms with van der Waals surface area (Å²) in [6, 6.07) is 45.8. The van der Waals surface area contributed by atoms with Gasteiger partial charge in [-0.3, -0.25) is 4.40 Å². The molecule has 0 aliphatic heterocycles. The van der Waals surface area contributed by atoms with E-state index in [9.17, 15) is 0 Å². The molecule has 7 aromatic rings. The van der Waals surface area contributed by atoms with E-state index in [4.69, 9.17) is 9.97 Å². The molecule has 0 spiro atoms. The molecule has 2 aliphatic rings. The molecule has 2 aromatic heterocycles. The zero-order valence-corrected chi connectivity index (χ0v) is 23.9. The van der Waals surface area contributed by atoms with Gasteiger partial charge in [-0.15, -0.1) is 0 Å². The van der Waals surface area contributed by atoms with Crippen molar-refractivity contribution in [3.8, 4) is 11.4 Å². The lowest BCUT2D eigenvalue weighted by molar-refractivity contribution is 0.694. The summed E-state index contributed by atoms with van der Waals surface area (Å²) in [7, 11) is 0. The number of para-hydroxylation sites is 3. The SMILES string of the molecule is CC1C=C2C(=CC1)c1ccc(-c3nc4ccccc4c4nc5ccccc5n34)cc1C2(c1ccccc1)c1ccccc1. The van der Waals surface area contributed by atoms with Crippen LogP contribution in [0.5, 0.6) is 0 Å². The van der Waals surface area contributed by atoms with Crippen LogP contribution < -0.4 is 0 Å². The first-order valence-corrected chi connectivity index (χ1v) is 15.1. The van der Waals surface area contributed by atoms with Crippen LogP contribution in [-0.2, 0) is 5.41 Å². The molecule has 0 fully saturated rings. The van der Waals surface area contributed by atoms with Gasteiger partial charge in [-0.1, -0.05) is 116 Å². The molecule has 0 bridgehead atoms. The summed E-state index contributed by atoms with van der Waals surface area (Å²) in [5.74, 6) is 1.38. The van der Waals surface area contributed by atoms with Crippen molar-refractivity contribution in [2.45, 2.75) is 18.8 Å². The van der Waals surface area contributed by atoms with Crippen LogP contribution in [0.1, 0.15) is 35.6 Å². The van der Waals surface area contributed by atoms with Crippen LogP contribution in [0.15, 0.2) is 145 Å². The Morgan fingerprint density at radius 3 is 2.14 bits per heavy atom. The monoisotopic (exact) mass is 551 g/mol. The Morgan fingerprint density at radius 2 is 1.37 bits per heavy atom. The highest BCUT2D eigenvalue weighted by molar-refractivity contribution is 5.99. The molecule has 3 heteroatoms. The average Bonchev–Trinajstić information content (AvgIpc) is 3.59. The van der Waals surface area contributed by atoms with Gasteiger partial charge >= 0.3 is 0 Å². The Labute approximate surface area is 250 Å². The van der Waals surface area contributed by atoms with Crippen molar-refractivity contribution >= 4 is 33.2 Å². The summed E-state index contributed by atoms with van der Waals surface area (Å²) < 4.78 is 2.24. The van der Waals surface area contributed by atoms with Gasteiger partial charge in [0.25, 0.3) is 0 Å². The van der Waals surface area contributed by atoms with Gasteiger partial charge in [0.2, 0.25) is 0 Å². The number of imidazole rings is 1. The van der Waals surface area contributed by atoms with E-state index in [0.717, 1.165) is 45.4 Å². The molecule has 0 saturated carbocycles. The topological polar surface area (TPSA) is 30.2 Å². The van der Waals surface area contributed by atoms with Crippen molar-refractivity contribution in [3.05, 3.63) is 167 Å². The fourth-order valence-electron chi connectivity index (χ4n) is 7.52. The quantitative estimate of drug-likeness (QED) is 0.219. The lowest BCUT2D eigenvalue weighted by Gasteiger charge is -2.35. The minimum absolute atomic E-state index is 0.429. The Bertz CT molecular complexity index is 2230. The van der Waals surface area contributed by atoms with Crippen molar-refractivity contribution in [2.75, 3.05) is 0 Å². The largest absolute Gasteiger partial charge is 0.276 e. The second kappa shape index (κ2) is 9.11. The number of rotatable bonds is 3. The van der Waals surface area contributed by atoms with Crippen molar-refractivity contribution in [2.24, 2.45) is 5.92 Å². The maximum atomic E-state index is 5.31. The second-order valence-corrected chi connectivity index (χ2v) is 11.9. The highest BCUT2D eigenvalue weighted by atomic mass is 15.1. The molecule has 1 atom stereocenters. The van der Waals surface area contributed by atoms with Crippen molar-refractivity contribution < 1.29 is 0 Å². The van der Waals surface area contributed by atoms with Crippen LogP contribution in [-0.4, -0.2) is 14.4 Å². The third-order valence-electron chi connectivity index (χ3n) is 9.37. The van der Waals surface area contributed by atoms with Crippen LogP contribution >= 0.6 is 0 Å². The summed E-state index contributed by atoms with van der Waals surface area (Å²) in [6.45, 7) is 2.33. The van der Waals surface area contributed by atoms with Crippen molar-refractivity contribution in [1.82, 2.24) is 14.4 Å². The van der Waals surface area contributed by atoms with E-state index in [1.54, 1.807) is 0 Å². The molecule has 2 aliphatic carbocycles. The fraction of sp³-hybridized carbons (Fsp3) is 0.100. The second-order valence-electron chi connectivity index (χ2n) is 11.9. The molecule has 5 aromatic carbocycles. The first-order valence-electron chi connectivity index (χ1n) is 15.1. The van der Waals surface area contributed by atoms with E-state index in [0.29, 0.717) is 5.92 Å². The van der Waals surface area contributed by atoms with E-state index in [-0.39, 0.29) is 0 Å². The first kappa shape index (κ1) is 24.3. The highest BCUT2D eigenvalue weighted by Gasteiger charge is 2.49. The predicted molar refractivity (Wildman–Crippen MR) is 176 cm³/mol. The standard InChI is InChI=1S/C40H29N3/c1-26-20-22-30-31-23-21-27(38-41-35-17-9-8-16-32(35)39-42-36-18-10-11-19-37(36)43(38)39)25-34(31)40(33(30)24-26,28-12-4-2-5-13-28)29-14-6-3-7-15-29/h2-19,21-26H,20H2,1H3. The Kier molecular flexibility index (Phi) is 5.15. The summed E-state index contributed by atoms with van der Waals surface area (Å²) in [4.78, 5) is 10.4. The third kappa shape index (κ3) is 3.36. The molecule has 1 unspecified atom stereocenters. The zero-order valence-electron chi connectivity index (χ0n) is 23.9. The molecule has 2 heterocycles. The normalized spacial score (nSPS) is 17.1. The van der Waals surface area contributed by atoms with Gasteiger partial charge in [0.1, 0.15) is 11.5 Å².